The van der Waals surface area contributed by atoms with Gasteiger partial charge >= 0.3 is 0 Å². The quantitative estimate of drug-likeness (QED) is 0.687. The maximum atomic E-state index is 13.2. The summed E-state index contributed by atoms with van der Waals surface area (Å²) in [6.45, 7) is 7.08. The number of carbonyl (C=O) groups excluding carboxylic acids is 1. The monoisotopic (exact) mass is 392 g/mol. The molecule has 2 aromatic heterocycles. The molecule has 3 rings (SSSR count). The summed E-state index contributed by atoms with van der Waals surface area (Å²) in [4.78, 5) is 26.0. The molecule has 0 N–H and O–H groups in total. The number of para-hydroxylation sites is 1. The number of nitriles is 1. The molecule has 0 atom stereocenters. The molecule has 0 aliphatic carbocycles. The Bertz CT molecular complexity index is 1250. The summed E-state index contributed by atoms with van der Waals surface area (Å²) in [6, 6.07) is 14.6. The van der Waals surface area contributed by atoms with Gasteiger partial charge in [0.25, 0.3) is 5.56 Å². The van der Waals surface area contributed by atoms with E-state index < -0.39 is 5.41 Å². The first-order chi connectivity index (χ1) is 13.2. The van der Waals surface area contributed by atoms with Crippen LogP contribution in [0, 0.1) is 23.7 Å². The van der Waals surface area contributed by atoms with E-state index in [1.54, 1.807) is 57.2 Å². The predicted octanol–water partition coefficient (Wildman–Crippen LogP) is 2.92. The first kappa shape index (κ1) is 19.6. The third kappa shape index (κ3) is 3.75. The molecule has 0 saturated heterocycles. The lowest BCUT2D eigenvalue weighted by Crippen LogP contribution is -2.33. The third-order valence-corrected chi connectivity index (χ3v) is 5.20. The van der Waals surface area contributed by atoms with Gasteiger partial charge in [0.15, 0.2) is 5.78 Å². The van der Waals surface area contributed by atoms with Crippen molar-refractivity contribution in [3.63, 3.8) is 0 Å². The van der Waals surface area contributed by atoms with Crippen molar-refractivity contribution in [2.24, 2.45) is 5.41 Å². The van der Waals surface area contributed by atoms with Crippen molar-refractivity contribution in [2.75, 3.05) is 0 Å². The average Bonchev–Trinajstić information content (AvgIpc) is 3.19. The van der Waals surface area contributed by atoms with E-state index in [9.17, 15) is 14.9 Å². The predicted molar refractivity (Wildman–Crippen MR) is 110 cm³/mol. The summed E-state index contributed by atoms with van der Waals surface area (Å²) in [6.07, 6.45) is 1.64. The molecule has 1 aromatic carbocycles. The lowest BCUT2D eigenvalue weighted by Gasteiger charge is -2.15. The lowest BCUT2D eigenvalue weighted by molar-refractivity contribution is -0.120. The highest BCUT2D eigenvalue weighted by Gasteiger charge is 2.27. The van der Waals surface area contributed by atoms with Crippen LogP contribution in [-0.2, 0) is 4.79 Å². The number of hydrogen-bond donors (Lipinski definition) is 0. The Labute approximate surface area is 166 Å². The van der Waals surface area contributed by atoms with Gasteiger partial charge in [-0.15, -0.1) is 11.3 Å². The fraction of sp³-hybridized carbons (Fsp3) is 0.227. The highest BCUT2D eigenvalue weighted by molar-refractivity contribution is 7.07. The first-order valence-corrected chi connectivity index (χ1v) is 9.58. The highest BCUT2D eigenvalue weighted by Crippen LogP contribution is 2.20. The van der Waals surface area contributed by atoms with Gasteiger partial charge in [-0.2, -0.15) is 5.26 Å². The van der Waals surface area contributed by atoms with Crippen LogP contribution in [0.15, 0.2) is 51.7 Å². The van der Waals surface area contributed by atoms with Crippen molar-refractivity contribution in [3.05, 3.63) is 73.5 Å². The summed E-state index contributed by atoms with van der Waals surface area (Å²) in [5.74, 6) is 0.975. The number of carbonyl (C=O) groups is 1. The van der Waals surface area contributed by atoms with Gasteiger partial charge in [-0.05, 0) is 31.2 Å². The molecular formula is C22H20N2O3S. The van der Waals surface area contributed by atoms with Crippen molar-refractivity contribution in [1.29, 1.82) is 5.26 Å². The molecule has 0 saturated carbocycles. The molecule has 0 aliphatic rings. The molecule has 0 aliphatic heterocycles. The molecule has 0 amide bonds. The lowest BCUT2D eigenvalue weighted by atomic mass is 9.87. The molecule has 28 heavy (non-hydrogen) atoms. The van der Waals surface area contributed by atoms with Crippen LogP contribution in [0.5, 0.6) is 0 Å². The molecule has 0 fully saturated rings. The van der Waals surface area contributed by atoms with Crippen molar-refractivity contribution in [3.8, 4) is 11.8 Å². The van der Waals surface area contributed by atoms with Gasteiger partial charge in [-0.1, -0.05) is 39.0 Å². The van der Waals surface area contributed by atoms with E-state index in [2.05, 4.69) is 0 Å². The molecule has 0 spiro atoms. The van der Waals surface area contributed by atoms with E-state index in [1.807, 2.05) is 25.1 Å². The molecule has 0 radical (unpaired) electrons. The number of benzene rings is 1. The molecule has 2 heterocycles. The zero-order valence-corrected chi connectivity index (χ0v) is 17.0. The van der Waals surface area contributed by atoms with Crippen LogP contribution in [0.3, 0.4) is 0 Å². The highest BCUT2D eigenvalue weighted by atomic mass is 32.1. The van der Waals surface area contributed by atoms with Gasteiger partial charge in [-0.25, -0.2) is 0 Å². The number of ketones is 1. The second-order valence-electron chi connectivity index (χ2n) is 7.41. The maximum absolute atomic E-state index is 13.2. The minimum atomic E-state index is -0.741. The number of hydrogen-bond acceptors (Lipinski definition) is 5. The Morgan fingerprint density at radius 3 is 2.39 bits per heavy atom. The molecule has 5 nitrogen and oxygen atoms in total. The number of Topliss-reactive ketones (excluding diaryl/α,β-unsaturated/α-hetero) is 1. The number of furan rings is 1. The minimum absolute atomic E-state index is 0.0197. The molecule has 0 unspecified atom stereocenters. The summed E-state index contributed by atoms with van der Waals surface area (Å²) in [5, 5.41) is 9.73. The molecule has 0 bridgehead atoms. The van der Waals surface area contributed by atoms with Crippen LogP contribution >= 0.6 is 11.3 Å². The number of thiazole rings is 1. The van der Waals surface area contributed by atoms with E-state index in [0.717, 1.165) is 17.1 Å². The summed E-state index contributed by atoms with van der Waals surface area (Å²) < 4.78 is 7.69. The van der Waals surface area contributed by atoms with E-state index >= 15 is 0 Å². The van der Waals surface area contributed by atoms with Gasteiger partial charge < -0.3 is 4.42 Å². The normalized spacial score (nSPS) is 13.3. The fourth-order valence-corrected chi connectivity index (χ4v) is 3.77. The second kappa shape index (κ2) is 7.45. The molecule has 3 aromatic rings. The van der Waals surface area contributed by atoms with Crippen molar-refractivity contribution in [2.45, 2.75) is 27.7 Å². The SMILES string of the molecule is Cc1ccc(/C=c2\s/c(=C(/C#N)C(=O)C(C)(C)C)n(-c3ccccc3)c2=O)o1. The van der Waals surface area contributed by atoms with Crippen LogP contribution in [-0.4, -0.2) is 10.4 Å². The Morgan fingerprint density at radius 2 is 1.86 bits per heavy atom. The summed E-state index contributed by atoms with van der Waals surface area (Å²) in [5.41, 5.74) is -0.457. The standard InChI is InChI=1S/C22H20N2O3S/c1-14-10-11-16(27-14)12-18-20(26)24(15-8-6-5-7-9-15)21(28-18)17(13-23)19(25)22(2,3)4/h5-12H,1-4H3/b18-12-,21-17-. The van der Waals surface area contributed by atoms with E-state index in [0.29, 0.717) is 20.6 Å². The Balaban J connectivity index is 2.43. The zero-order valence-electron chi connectivity index (χ0n) is 16.1. The number of aromatic nitrogens is 1. The van der Waals surface area contributed by atoms with Crippen molar-refractivity contribution in [1.82, 2.24) is 4.57 Å². The topological polar surface area (TPSA) is 76.0 Å². The zero-order chi connectivity index (χ0) is 20.5. The Hall–Kier alpha value is -3.17. The van der Waals surface area contributed by atoms with E-state index in [-0.39, 0.29) is 16.9 Å². The maximum Gasteiger partial charge on any atom is 0.273 e. The van der Waals surface area contributed by atoms with Crippen LogP contribution < -0.4 is 14.8 Å². The summed E-state index contributed by atoms with van der Waals surface area (Å²) in [7, 11) is 0. The van der Waals surface area contributed by atoms with Crippen LogP contribution in [0.4, 0.5) is 0 Å². The van der Waals surface area contributed by atoms with Crippen molar-refractivity contribution >= 4 is 28.8 Å². The third-order valence-electron chi connectivity index (χ3n) is 4.11. The fourth-order valence-electron chi connectivity index (χ4n) is 2.69. The van der Waals surface area contributed by atoms with E-state index in [4.69, 9.17) is 4.42 Å². The number of rotatable bonds is 3. The summed E-state index contributed by atoms with van der Waals surface area (Å²) >= 11 is 1.12. The first-order valence-electron chi connectivity index (χ1n) is 8.77. The van der Waals surface area contributed by atoms with Gasteiger partial charge in [0.05, 0.1) is 10.2 Å². The molecule has 6 heteroatoms. The van der Waals surface area contributed by atoms with Gasteiger partial charge in [0, 0.05) is 11.5 Å². The smallest absolute Gasteiger partial charge is 0.273 e. The average molecular weight is 392 g/mol. The van der Waals surface area contributed by atoms with Gasteiger partial charge in [0.1, 0.15) is 27.8 Å². The van der Waals surface area contributed by atoms with Crippen LogP contribution in [0.25, 0.3) is 17.3 Å². The largest absolute Gasteiger partial charge is 0.462 e. The Morgan fingerprint density at radius 1 is 1.18 bits per heavy atom. The molecule has 142 valence electrons. The van der Waals surface area contributed by atoms with Gasteiger partial charge in [0.2, 0.25) is 0 Å². The minimum Gasteiger partial charge on any atom is -0.462 e. The van der Waals surface area contributed by atoms with Crippen LogP contribution in [0.2, 0.25) is 0 Å². The van der Waals surface area contributed by atoms with Gasteiger partial charge in [-0.3, -0.25) is 14.2 Å². The van der Waals surface area contributed by atoms with E-state index in [1.165, 1.54) is 4.57 Å². The van der Waals surface area contributed by atoms with Crippen LogP contribution in [0.1, 0.15) is 32.3 Å². The number of aryl methyl sites for hydroxylation is 1. The Kier molecular flexibility index (Phi) is 5.21. The van der Waals surface area contributed by atoms with Crippen molar-refractivity contribution < 1.29 is 9.21 Å². The molecular weight excluding hydrogens is 372 g/mol. The number of nitrogens with zero attached hydrogens (tertiary/aromatic N) is 2. The second-order valence-corrected chi connectivity index (χ2v) is 8.44.